The Morgan fingerprint density at radius 1 is 1.19 bits per heavy atom. The van der Waals surface area contributed by atoms with Crippen molar-refractivity contribution in [2.24, 2.45) is 5.41 Å². The minimum atomic E-state index is -4.57. The summed E-state index contributed by atoms with van der Waals surface area (Å²) in [7, 11) is 0. The number of nitrogens with one attached hydrogen (secondary N) is 1. The number of benzene rings is 2. The van der Waals surface area contributed by atoms with Gasteiger partial charge in [-0.3, -0.25) is 4.79 Å². The van der Waals surface area contributed by atoms with Crippen LogP contribution in [0.15, 0.2) is 30.3 Å². The Morgan fingerprint density at radius 3 is 2.70 bits per heavy atom. The van der Waals surface area contributed by atoms with Crippen molar-refractivity contribution < 1.29 is 31.8 Å². The lowest BCUT2D eigenvalue weighted by Crippen LogP contribution is -2.44. The van der Waals surface area contributed by atoms with Crippen LogP contribution >= 0.6 is 0 Å². The van der Waals surface area contributed by atoms with Gasteiger partial charge in [0.1, 0.15) is 23.2 Å². The highest BCUT2D eigenvalue weighted by molar-refractivity contribution is 6.00. The van der Waals surface area contributed by atoms with Crippen molar-refractivity contribution in [3.63, 3.8) is 0 Å². The van der Waals surface area contributed by atoms with Crippen molar-refractivity contribution in [1.29, 1.82) is 0 Å². The van der Waals surface area contributed by atoms with E-state index in [0.717, 1.165) is 6.07 Å². The number of para-hydroxylation sites is 1. The van der Waals surface area contributed by atoms with Gasteiger partial charge < -0.3 is 19.7 Å². The number of amides is 1. The second-order valence-electron chi connectivity index (χ2n) is 10.1. The van der Waals surface area contributed by atoms with Crippen LogP contribution in [0, 0.1) is 11.2 Å². The van der Waals surface area contributed by atoms with Crippen LogP contribution in [0.2, 0.25) is 0 Å². The quantitative estimate of drug-likeness (QED) is 0.457. The number of hydrogen-bond acceptors (Lipinski definition) is 6. The lowest BCUT2D eigenvalue weighted by molar-refractivity contribution is -0.139. The highest BCUT2D eigenvalue weighted by Crippen LogP contribution is 2.43. The van der Waals surface area contributed by atoms with Gasteiger partial charge in [-0.05, 0) is 18.6 Å². The fourth-order valence-corrected chi connectivity index (χ4v) is 5.18. The van der Waals surface area contributed by atoms with E-state index in [0.29, 0.717) is 60.7 Å². The first kappa shape index (κ1) is 23.9. The highest BCUT2D eigenvalue weighted by Gasteiger charge is 2.49. The summed E-state index contributed by atoms with van der Waals surface area (Å²) in [6.07, 6.45) is -3.91. The number of carbonyl (C=O) groups excluding carboxylic acids is 1. The molecule has 11 heteroatoms. The molecule has 1 amide bonds. The number of carbonyl (C=O) groups is 1. The predicted molar refractivity (Wildman–Crippen MR) is 127 cm³/mol. The SMILES string of the molecule is CC1CCOc2c(cccc2C(F)(F)F)CNc2nc1nc1cc(F)c(N3CC4(COC4)CC3=O)cc21. The molecular formula is C26H24F4N4O3. The van der Waals surface area contributed by atoms with E-state index in [4.69, 9.17) is 9.47 Å². The first-order valence-electron chi connectivity index (χ1n) is 12.1. The number of nitrogens with zero attached hydrogens (tertiary/aromatic N) is 3. The third-order valence-corrected chi connectivity index (χ3v) is 7.30. The van der Waals surface area contributed by atoms with Gasteiger partial charge in [0.2, 0.25) is 5.91 Å². The summed E-state index contributed by atoms with van der Waals surface area (Å²) in [6, 6.07) is 6.73. The van der Waals surface area contributed by atoms with E-state index in [9.17, 15) is 18.0 Å². The number of anilines is 2. The van der Waals surface area contributed by atoms with Gasteiger partial charge in [0.05, 0.1) is 36.6 Å². The van der Waals surface area contributed by atoms with Crippen molar-refractivity contribution in [1.82, 2.24) is 9.97 Å². The Hall–Kier alpha value is -3.47. The molecule has 3 aliphatic heterocycles. The number of alkyl halides is 3. The Morgan fingerprint density at radius 2 is 2.00 bits per heavy atom. The Labute approximate surface area is 209 Å². The predicted octanol–water partition coefficient (Wildman–Crippen LogP) is 5.04. The zero-order valence-electron chi connectivity index (χ0n) is 20.0. The maximum absolute atomic E-state index is 15.3. The van der Waals surface area contributed by atoms with E-state index in [-0.39, 0.29) is 41.8 Å². The lowest BCUT2D eigenvalue weighted by atomic mass is 9.85. The molecule has 3 aliphatic rings. The molecule has 37 heavy (non-hydrogen) atoms. The second kappa shape index (κ2) is 8.54. The van der Waals surface area contributed by atoms with E-state index in [2.05, 4.69) is 15.3 Å². The highest BCUT2D eigenvalue weighted by atomic mass is 19.4. The molecule has 4 heterocycles. The van der Waals surface area contributed by atoms with E-state index in [1.807, 2.05) is 6.92 Å². The van der Waals surface area contributed by atoms with Crippen LogP contribution in [0.5, 0.6) is 5.75 Å². The molecule has 6 rings (SSSR count). The molecule has 0 saturated carbocycles. The molecule has 1 atom stereocenters. The number of rotatable bonds is 1. The van der Waals surface area contributed by atoms with Gasteiger partial charge in [0, 0.05) is 47.9 Å². The van der Waals surface area contributed by atoms with Crippen molar-refractivity contribution in [2.45, 2.75) is 38.4 Å². The smallest absolute Gasteiger partial charge is 0.419 e. The maximum atomic E-state index is 15.3. The average molecular weight is 516 g/mol. The topological polar surface area (TPSA) is 76.6 Å². The third-order valence-electron chi connectivity index (χ3n) is 7.30. The molecular weight excluding hydrogens is 492 g/mol. The van der Waals surface area contributed by atoms with Crippen LogP contribution in [0.4, 0.5) is 29.1 Å². The Kier molecular flexibility index (Phi) is 5.52. The number of fused-ring (bicyclic) bond motifs is 5. The summed E-state index contributed by atoms with van der Waals surface area (Å²) < 4.78 is 67.3. The largest absolute Gasteiger partial charge is 0.493 e. The second-order valence-corrected chi connectivity index (χ2v) is 10.1. The molecule has 1 spiro atoms. The van der Waals surface area contributed by atoms with Gasteiger partial charge in [-0.25, -0.2) is 14.4 Å². The fraction of sp³-hybridized carbons (Fsp3) is 0.423. The monoisotopic (exact) mass is 516 g/mol. The van der Waals surface area contributed by atoms with E-state index >= 15 is 4.39 Å². The first-order chi connectivity index (χ1) is 17.6. The molecule has 1 N–H and O–H groups in total. The van der Waals surface area contributed by atoms with Gasteiger partial charge >= 0.3 is 6.18 Å². The number of hydrogen-bond donors (Lipinski definition) is 1. The molecule has 2 fully saturated rings. The van der Waals surface area contributed by atoms with Crippen molar-refractivity contribution >= 4 is 28.3 Å². The van der Waals surface area contributed by atoms with Gasteiger partial charge in [-0.1, -0.05) is 19.1 Å². The number of halogens is 4. The van der Waals surface area contributed by atoms with Gasteiger partial charge in [-0.15, -0.1) is 0 Å². The Bertz CT molecular complexity index is 1410. The molecule has 1 aromatic heterocycles. The molecule has 7 nitrogen and oxygen atoms in total. The minimum absolute atomic E-state index is 0.00497. The summed E-state index contributed by atoms with van der Waals surface area (Å²) in [5.74, 6) is -0.453. The summed E-state index contributed by atoms with van der Waals surface area (Å²) >= 11 is 0. The molecule has 2 bridgehead atoms. The first-order valence-corrected chi connectivity index (χ1v) is 12.1. The summed E-state index contributed by atoms with van der Waals surface area (Å²) in [6.45, 7) is 3.16. The van der Waals surface area contributed by atoms with Crippen LogP contribution < -0.4 is 15.0 Å². The summed E-state index contributed by atoms with van der Waals surface area (Å²) in [5.41, 5.74) is -0.335. The van der Waals surface area contributed by atoms with Gasteiger partial charge in [0.25, 0.3) is 0 Å². The van der Waals surface area contributed by atoms with Gasteiger partial charge in [-0.2, -0.15) is 13.2 Å². The average Bonchev–Trinajstić information content (AvgIpc) is 3.18. The van der Waals surface area contributed by atoms with Gasteiger partial charge in [0.15, 0.2) is 0 Å². The lowest BCUT2D eigenvalue weighted by Gasteiger charge is -2.36. The number of ether oxygens (including phenoxy) is 2. The van der Waals surface area contributed by atoms with E-state index in [1.54, 1.807) is 12.1 Å². The summed E-state index contributed by atoms with van der Waals surface area (Å²) in [5, 5.41) is 3.60. The van der Waals surface area contributed by atoms with Crippen molar-refractivity contribution in [2.75, 3.05) is 36.6 Å². The molecule has 0 radical (unpaired) electrons. The molecule has 3 aromatic rings. The van der Waals surface area contributed by atoms with Crippen molar-refractivity contribution in [3.05, 3.63) is 53.1 Å². The van der Waals surface area contributed by atoms with Crippen LogP contribution in [-0.4, -0.2) is 42.2 Å². The summed E-state index contributed by atoms with van der Waals surface area (Å²) in [4.78, 5) is 23.4. The standard InChI is InChI=1S/C26H24F4N4O3/c1-14-5-6-37-22-15(3-2-4-17(22)26(28,29)30)10-31-24-16-7-20(18(27)8-19(16)32-23(14)33-24)34-11-25(9-21(34)35)12-36-13-25/h2-4,7-8,14H,5-6,9-13H2,1H3,(H,31,32,33). The fourth-order valence-electron chi connectivity index (χ4n) is 5.18. The van der Waals surface area contributed by atoms with Crippen LogP contribution in [0.1, 0.15) is 42.6 Å². The molecule has 2 saturated heterocycles. The van der Waals surface area contributed by atoms with Crippen LogP contribution in [-0.2, 0) is 22.3 Å². The van der Waals surface area contributed by atoms with E-state index in [1.165, 1.54) is 17.0 Å². The minimum Gasteiger partial charge on any atom is -0.493 e. The molecule has 1 unspecified atom stereocenters. The zero-order chi connectivity index (χ0) is 25.9. The molecule has 194 valence electrons. The maximum Gasteiger partial charge on any atom is 0.419 e. The van der Waals surface area contributed by atoms with Crippen LogP contribution in [0.3, 0.4) is 0 Å². The van der Waals surface area contributed by atoms with Crippen molar-refractivity contribution in [3.8, 4) is 5.75 Å². The zero-order valence-corrected chi connectivity index (χ0v) is 20.0. The molecule has 2 aromatic carbocycles. The third kappa shape index (κ3) is 4.14. The Balaban J connectivity index is 1.43. The molecule has 0 aliphatic carbocycles. The van der Waals surface area contributed by atoms with Crippen LogP contribution in [0.25, 0.3) is 10.9 Å². The normalized spacial score (nSPS) is 21.2. The van der Waals surface area contributed by atoms with E-state index < -0.39 is 17.6 Å². The number of aromatic nitrogens is 2.